The Morgan fingerprint density at radius 3 is 2.32 bits per heavy atom. The third-order valence-corrected chi connectivity index (χ3v) is 4.48. The molecule has 1 aromatic rings. The third kappa shape index (κ3) is 4.22. The van der Waals surface area contributed by atoms with Crippen LogP contribution < -0.4 is 5.73 Å². The first kappa shape index (κ1) is 15.5. The van der Waals surface area contributed by atoms with Gasteiger partial charge in [0.25, 0.3) is 0 Å². The van der Waals surface area contributed by atoms with Crippen molar-refractivity contribution in [3.8, 4) is 0 Å². The van der Waals surface area contributed by atoms with E-state index in [2.05, 4.69) is 0 Å². The van der Waals surface area contributed by atoms with E-state index in [1.54, 1.807) is 38.4 Å². The Balaban J connectivity index is 2.82. The van der Waals surface area contributed by atoms with Crippen molar-refractivity contribution in [1.29, 1.82) is 0 Å². The molecular formula is C12H19N3O3S. The topological polar surface area (TPSA) is 83.7 Å². The summed E-state index contributed by atoms with van der Waals surface area (Å²) in [5.74, 6) is -0.483. The van der Waals surface area contributed by atoms with Gasteiger partial charge in [-0.15, -0.1) is 0 Å². The number of hydrogen-bond donors (Lipinski definition) is 1. The van der Waals surface area contributed by atoms with Crippen LogP contribution in [0.5, 0.6) is 0 Å². The minimum absolute atomic E-state index is 0.179. The molecule has 0 fully saturated rings. The van der Waals surface area contributed by atoms with E-state index in [0.29, 0.717) is 11.3 Å². The molecule has 19 heavy (non-hydrogen) atoms. The summed E-state index contributed by atoms with van der Waals surface area (Å²) in [4.78, 5) is 12.9. The molecule has 106 valence electrons. The van der Waals surface area contributed by atoms with E-state index in [-0.39, 0.29) is 18.2 Å². The van der Waals surface area contributed by atoms with Gasteiger partial charge in [-0.05, 0) is 11.6 Å². The molecule has 0 aliphatic rings. The summed E-state index contributed by atoms with van der Waals surface area (Å²) >= 11 is 0. The summed E-state index contributed by atoms with van der Waals surface area (Å²) in [7, 11) is 0.989. The van der Waals surface area contributed by atoms with Crippen LogP contribution in [0.25, 0.3) is 0 Å². The smallest absolute Gasteiger partial charge is 0.237 e. The first-order chi connectivity index (χ1) is 8.74. The van der Waals surface area contributed by atoms with Crippen LogP contribution in [0.4, 0.5) is 5.69 Å². The summed E-state index contributed by atoms with van der Waals surface area (Å²) in [5, 5.41) is 0. The number of rotatable bonds is 5. The number of hydrogen-bond acceptors (Lipinski definition) is 4. The molecule has 0 unspecified atom stereocenters. The second-order valence-corrected chi connectivity index (χ2v) is 6.58. The number of sulfonamides is 1. The van der Waals surface area contributed by atoms with E-state index < -0.39 is 10.0 Å². The summed E-state index contributed by atoms with van der Waals surface area (Å²) in [6.45, 7) is -0.179. The van der Waals surface area contributed by atoms with E-state index in [1.807, 2.05) is 0 Å². The van der Waals surface area contributed by atoms with Crippen molar-refractivity contribution in [1.82, 2.24) is 9.21 Å². The number of amides is 1. The number of likely N-dealkylation sites (N-methyl/N-ethyl adjacent to an activating group) is 2. The summed E-state index contributed by atoms with van der Waals surface area (Å²) in [5.41, 5.74) is 6.68. The molecule has 0 atom stereocenters. The minimum Gasteiger partial charge on any atom is -0.398 e. The largest absolute Gasteiger partial charge is 0.398 e. The Hall–Kier alpha value is -1.60. The SMILES string of the molecule is CN(C)C(=O)CN(C)S(=O)(=O)Cc1ccccc1N. The van der Waals surface area contributed by atoms with Crippen molar-refractivity contribution in [2.24, 2.45) is 0 Å². The van der Waals surface area contributed by atoms with Gasteiger partial charge in [0.05, 0.1) is 12.3 Å². The van der Waals surface area contributed by atoms with Crippen LogP contribution in [0, 0.1) is 0 Å². The lowest BCUT2D eigenvalue weighted by Crippen LogP contribution is -2.38. The van der Waals surface area contributed by atoms with Gasteiger partial charge in [-0.3, -0.25) is 4.79 Å². The lowest BCUT2D eigenvalue weighted by molar-refractivity contribution is -0.128. The van der Waals surface area contributed by atoms with Gasteiger partial charge in [-0.2, -0.15) is 4.31 Å². The summed E-state index contributed by atoms with van der Waals surface area (Å²) in [6.07, 6.45) is 0. The minimum atomic E-state index is -3.56. The maximum absolute atomic E-state index is 12.1. The molecule has 2 N–H and O–H groups in total. The monoisotopic (exact) mass is 285 g/mol. The van der Waals surface area contributed by atoms with Crippen LogP contribution in [0.2, 0.25) is 0 Å². The van der Waals surface area contributed by atoms with Crippen molar-refractivity contribution >= 4 is 21.6 Å². The second kappa shape index (κ2) is 6.03. The van der Waals surface area contributed by atoms with Crippen LogP contribution in [0.15, 0.2) is 24.3 Å². The Morgan fingerprint density at radius 1 is 1.21 bits per heavy atom. The molecule has 7 heteroatoms. The van der Waals surface area contributed by atoms with Crippen LogP contribution in [-0.4, -0.2) is 51.2 Å². The van der Waals surface area contributed by atoms with E-state index in [1.165, 1.54) is 11.9 Å². The van der Waals surface area contributed by atoms with E-state index >= 15 is 0 Å². The second-order valence-electron chi connectivity index (χ2n) is 4.50. The Bertz CT molecular complexity index is 555. The standard InChI is InChI=1S/C12H19N3O3S/c1-14(2)12(16)8-15(3)19(17,18)9-10-6-4-5-7-11(10)13/h4-7H,8-9,13H2,1-3H3. The molecule has 1 amide bonds. The van der Waals surface area contributed by atoms with Crippen molar-refractivity contribution in [2.75, 3.05) is 33.4 Å². The van der Waals surface area contributed by atoms with Gasteiger partial charge in [0, 0.05) is 26.8 Å². The molecule has 0 spiro atoms. The molecule has 0 saturated heterocycles. The number of nitrogen functional groups attached to an aromatic ring is 1. The highest BCUT2D eigenvalue weighted by Gasteiger charge is 2.22. The average Bonchev–Trinajstić information content (AvgIpc) is 2.31. The van der Waals surface area contributed by atoms with Gasteiger partial charge in [-0.25, -0.2) is 8.42 Å². The molecule has 0 radical (unpaired) electrons. The Labute approximate surface area is 113 Å². The number of carbonyl (C=O) groups excluding carboxylic acids is 1. The molecule has 1 rings (SSSR count). The molecule has 0 bridgehead atoms. The van der Waals surface area contributed by atoms with Crippen LogP contribution in [0.1, 0.15) is 5.56 Å². The molecular weight excluding hydrogens is 266 g/mol. The van der Waals surface area contributed by atoms with Gasteiger partial charge in [0.2, 0.25) is 15.9 Å². The normalized spacial score (nSPS) is 11.6. The van der Waals surface area contributed by atoms with Crippen LogP contribution >= 0.6 is 0 Å². The first-order valence-corrected chi connectivity index (χ1v) is 7.32. The lowest BCUT2D eigenvalue weighted by atomic mass is 10.2. The van der Waals surface area contributed by atoms with Gasteiger partial charge in [-0.1, -0.05) is 18.2 Å². The van der Waals surface area contributed by atoms with Crippen molar-refractivity contribution in [3.63, 3.8) is 0 Å². The Kier molecular flexibility index (Phi) is 4.90. The third-order valence-electron chi connectivity index (χ3n) is 2.72. The molecule has 6 nitrogen and oxygen atoms in total. The fourth-order valence-corrected chi connectivity index (χ4v) is 2.59. The highest BCUT2D eigenvalue weighted by molar-refractivity contribution is 7.88. The van der Waals surface area contributed by atoms with Crippen molar-refractivity contribution in [2.45, 2.75) is 5.75 Å². The van der Waals surface area contributed by atoms with Gasteiger partial charge >= 0.3 is 0 Å². The highest BCUT2D eigenvalue weighted by atomic mass is 32.2. The first-order valence-electron chi connectivity index (χ1n) is 5.71. The zero-order valence-electron chi connectivity index (χ0n) is 11.3. The number of nitrogens with zero attached hydrogens (tertiary/aromatic N) is 2. The molecule has 0 aromatic heterocycles. The molecule has 0 aliphatic heterocycles. The summed E-state index contributed by atoms with van der Waals surface area (Å²) in [6, 6.07) is 6.78. The number of benzene rings is 1. The Morgan fingerprint density at radius 2 is 1.79 bits per heavy atom. The van der Waals surface area contributed by atoms with E-state index in [0.717, 1.165) is 4.31 Å². The zero-order chi connectivity index (χ0) is 14.6. The maximum atomic E-state index is 12.1. The van der Waals surface area contributed by atoms with E-state index in [4.69, 9.17) is 5.73 Å². The van der Waals surface area contributed by atoms with E-state index in [9.17, 15) is 13.2 Å². The van der Waals surface area contributed by atoms with Crippen molar-refractivity contribution < 1.29 is 13.2 Å². The van der Waals surface area contributed by atoms with Gasteiger partial charge < -0.3 is 10.6 Å². The predicted octanol–water partition coefficient (Wildman–Crippen LogP) is 0.119. The molecule has 1 aromatic carbocycles. The number of carbonyl (C=O) groups is 1. The van der Waals surface area contributed by atoms with Crippen LogP contribution in [-0.2, 0) is 20.6 Å². The van der Waals surface area contributed by atoms with Crippen molar-refractivity contribution in [3.05, 3.63) is 29.8 Å². The van der Waals surface area contributed by atoms with Gasteiger partial charge in [0.15, 0.2) is 0 Å². The number of para-hydroxylation sites is 1. The summed E-state index contributed by atoms with van der Waals surface area (Å²) < 4.78 is 25.3. The lowest BCUT2D eigenvalue weighted by Gasteiger charge is -2.19. The highest BCUT2D eigenvalue weighted by Crippen LogP contribution is 2.16. The number of anilines is 1. The predicted molar refractivity (Wildman–Crippen MR) is 74.8 cm³/mol. The zero-order valence-corrected chi connectivity index (χ0v) is 12.1. The maximum Gasteiger partial charge on any atom is 0.237 e. The molecule has 0 saturated carbocycles. The fraction of sp³-hybridized carbons (Fsp3) is 0.417. The van der Waals surface area contributed by atoms with Crippen LogP contribution in [0.3, 0.4) is 0 Å². The quantitative estimate of drug-likeness (QED) is 0.779. The number of nitrogens with two attached hydrogens (primary N) is 1. The fourth-order valence-electron chi connectivity index (χ4n) is 1.40. The van der Waals surface area contributed by atoms with Gasteiger partial charge in [0.1, 0.15) is 0 Å². The molecule has 0 heterocycles. The molecule has 0 aliphatic carbocycles. The average molecular weight is 285 g/mol.